The van der Waals surface area contributed by atoms with E-state index in [1.165, 1.54) is 0 Å². The topological polar surface area (TPSA) is 72.2 Å². The van der Waals surface area contributed by atoms with Crippen molar-refractivity contribution in [3.63, 3.8) is 0 Å². The molecule has 8 heteroatoms. The molecule has 0 aliphatic rings. The smallest absolute Gasteiger partial charge is 0.305 e. The Morgan fingerprint density at radius 1 is 1.50 bits per heavy atom. The Morgan fingerprint density at radius 2 is 2.15 bits per heavy atom. The third-order valence-electron chi connectivity index (χ3n) is 2.64. The Kier molecular flexibility index (Phi) is 6.00. The molecule has 1 aromatic carbocycles. The molecule has 0 aromatic heterocycles. The van der Waals surface area contributed by atoms with Crippen molar-refractivity contribution in [2.45, 2.75) is 25.8 Å². The van der Waals surface area contributed by atoms with Crippen LogP contribution in [-0.2, 0) is 0 Å². The largest absolute Gasteiger partial charge is 0.349 e. The summed E-state index contributed by atoms with van der Waals surface area (Å²) in [6, 6.07) is 1.10. The molecular formula is C12H13BrF2N2O3. The molecule has 0 saturated carbocycles. The van der Waals surface area contributed by atoms with Crippen molar-refractivity contribution in [1.29, 1.82) is 0 Å². The summed E-state index contributed by atoms with van der Waals surface area (Å²) < 4.78 is 27.3. The van der Waals surface area contributed by atoms with Gasteiger partial charge in [0.1, 0.15) is 11.4 Å². The molecule has 0 radical (unpaired) electrons. The highest BCUT2D eigenvalue weighted by Crippen LogP contribution is 2.23. The lowest BCUT2D eigenvalue weighted by Gasteiger charge is -2.13. The highest BCUT2D eigenvalue weighted by atomic mass is 79.9. The second-order valence-electron chi connectivity index (χ2n) is 4.22. The van der Waals surface area contributed by atoms with Crippen LogP contribution in [0.15, 0.2) is 12.1 Å². The van der Waals surface area contributed by atoms with Crippen molar-refractivity contribution in [3.8, 4) is 0 Å². The zero-order valence-corrected chi connectivity index (χ0v) is 12.2. The third-order valence-corrected chi connectivity index (χ3v) is 3.20. The summed E-state index contributed by atoms with van der Waals surface area (Å²) in [6.07, 6.45) is 1.40. The van der Waals surface area contributed by atoms with Gasteiger partial charge in [-0.25, -0.2) is 4.39 Å². The minimum Gasteiger partial charge on any atom is -0.349 e. The van der Waals surface area contributed by atoms with Crippen molar-refractivity contribution in [2.75, 3.05) is 5.33 Å². The molecule has 20 heavy (non-hydrogen) atoms. The molecular weight excluding hydrogens is 338 g/mol. The highest BCUT2D eigenvalue weighted by molar-refractivity contribution is 9.09. The van der Waals surface area contributed by atoms with Crippen LogP contribution in [-0.4, -0.2) is 22.2 Å². The molecule has 0 heterocycles. The molecule has 110 valence electrons. The van der Waals surface area contributed by atoms with Crippen LogP contribution < -0.4 is 5.32 Å². The lowest BCUT2D eigenvalue weighted by Crippen LogP contribution is -2.34. The molecule has 0 aliphatic heterocycles. The number of carbonyl (C=O) groups excluding carboxylic acids is 1. The molecule has 0 spiro atoms. The van der Waals surface area contributed by atoms with Crippen LogP contribution in [0.2, 0.25) is 0 Å². The van der Waals surface area contributed by atoms with Crippen molar-refractivity contribution in [1.82, 2.24) is 5.32 Å². The number of amides is 1. The van der Waals surface area contributed by atoms with Gasteiger partial charge >= 0.3 is 5.69 Å². The monoisotopic (exact) mass is 350 g/mol. The van der Waals surface area contributed by atoms with E-state index >= 15 is 0 Å². The first kappa shape index (κ1) is 16.5. The number of halogens is 3. The van der Waals surface area contributed by atoms with Crippen LogP contribution in [0.25, 0.3) is 0 Å². The van der Waals surface area contributed by atoms with Crippen LogP contribution in [0.1, 0.15) is 30.1 Å². The van der Waals surface area contributed by atoms with Gasteiger partial charge < -0.3 is 5.32 Å². The summed E-state index contributed by atoms with van der Waals surface area (Å²) in [6.45, 7) is 1.69. The normalized spacial score (nSPS) is 12.0. The summed E-state index contributed by atoms with van der Waals surface area (Å²) >= 11 is 3.23. The predicted octanol–water partition coefficient (Wildman–Crippen LogP) is 3.17. The van der Waals surface area contributed by atoms with Gasteiger partial charge in [0.25, 0.3) is 5.91 Å². The summed E-state index contributed by atoms with van der Waals surface area (Å²) in [5, 5.41) is 13.7. The third kappa shape index (κ3) is 3.96. The number of nitrogens with one attached hydrogen (secondary N) is 1. The quantitative estimate of drug-likeness (QED) is 0.486. The van der Waals surface area contributed by atoms with Crippen LogP contribution in [0.5, 0.6) is 0 Å². The van der Waals surface area contributed by atoms with Crippen LogP contribution in [0, 0.1) is 21.7 Å². The molecule has 1 N–H and O–H groups in total. The minimum atomic E-state index is -1.46. The first-order valence-electron chi connectivity index (χ1n) is 5.87. The lowest BCUT2D eigenvalue weighted by molar-refractivity contribution is -0.387. The van der Waals surface area contributed by atoms with Gasteiger partial charge in [-0.2, -0.15) is 4.39 Å². The van der Waals surface area contributed by atoms with Gasteiger partial charge in [-0.3, -0.25) is 14.9 Å². The maximum Gasteiger partial charge on any atom is 0.305 e. The SMILES string of the molecule is CC(CCCBr)NC(=O)c1c(F)ccc([N+](=O)[O-])c1F. The molecule has 1 amide bonds. The summed E-state index contributed by atoms with van der Waals surface area (Å²) in [5.41, 5.74) is -1.85. The van der Waals surface area contributed by atoms with E-state index in [9.17, 15) is 23.7 Å². The van der Waals surface area contributed by atoms with Crippen molar-refractivity contribution in [3.05, 3.63) is 39.4 Å². The van der Waals surface area contributed by atoms with E-state index in [2.05, 4.69) is 21.2 Å². The van der Waals surface area contributed by atoms with Gasteiger partial charge in [-0.1, -0.05) is 15.9 Å². The van der Waals surface area contributed by atoms with E-state index in [4.69, 9.17) is 0 Å². The first-order chi connectivity index (χ1) is 9.38. The molecule has 0 bridgehead atoms. The van der Waals surface area contributed by atoms with E-state index in [0.717, 1.165) is 11.8 Å². The second kappa shape index (κ2) is 7.28. The number of benzene rings is 1. The van der Waals surface area contributed by atoms with Gasteiger partial charge in [0.05, 0.1) is 4.92 Å². The standard InChI is InChI=1S/C12H13BrF2N2O3/c1-7(3-2-6-13)16-12(18)10-8(14)4-5-9(11(10)15)17(19)20/h4-5,7H,2-3,6H2,1H3,(H,16,18). The number of carbonyl (C=O) groups is 1. The Balaban J connectivity index is 2.98. The summed E-state index contributed by atoms with van der Waals surface area (Å²) in [4.78, 5) is 21.4. The average Bonchev–Trinajstić information content (AvgIpc) is 2.35. The van der Waals surface area contributed by atoms with E-state index in [0.29, 0.717) is 18.6 Å². The van der Waals surface area contributed by atoms with Crippen LogP contribution in [0.4, 0.5) is 14.5 Å². The minimum absolute atomic E-state index is 0.293. The number of nitrogens with zero attached hydrogens (tertiary/aromatic N) is 1. The maximum absolute atomic E-state index is 13.8. The highest BCUT2D eigenvalue weighted by Gasteiger charge is 2.26. The van der Waals surface area contributed by atoms with Crippen LogP contribution >= 0.6 is 15.9 Å². The second-order valence-corrected chi connectivity index (χ2v) is 5.01. The Hall–Kier alpha value is -1.57. The first-order valence-corrected chi connectivity index (χ1v) is 6.99. The zero-order valence-electron chi connectivity index (χ0n) is 10.7. The molecule has 0 fully saturated rings. The Labute approximate surface area is 122 Å². The van der Waals surface area contributed by atoms with E-state index in [1.807, 2.05) is 0 Å². The number of hydrogen-bond donors (Lipinski definition) is 1. The van der Waals surface area contributed by atoms with E-state index < -0.39 is 33.7 Å². The maximum atomic E-state index is 13.8. The molecule has 1 atom stereocenters. The van der Waals surface area contributed by atoms with Crippen molar-refractivity contribution >= 4 is 27.5 Å². The molecule has 1 rings (SSSR count). The molecule has 1 unspecified atom stereocenters. The molecule has 0 saturated heterocycles. The van der Waals surface area contributed by atoms with Crippen LogP contribution in [0.3, 0.4) is 0 Å². The van der Waals surface area contributed by atoms with E-state index in [-0.39, 0.29) is 6.04 Å². The number of rotatable bonds is 6. The number of nitro groups is 1. The lowest BCUT2D eigenvalue weighted by atomic mass is 10.1. The Morgan fingerprint density at radius 3 is 2.70 bits per heavy atom. The fourth-order valence-electron chi connectivity index (χ4n) is 1.64. The van der Waals surface area contributed by atoms with Gasteiger partial charge in [0.2, 0.25) is 5.82 Å². The number of hydrogen-bond acceptors (Lipinski definition) is 3. The average molecular weight is 351 g/mol. The fourth-order valence-corrected chi connectivity index (χ4v) is 1.97. The van der Waals surface area contributed by atoms with E-state index in [1.54, 1.807) is 6.92 Å². The molecule has 1 aromatic rings. The van der Waals surface area contributed by atoms with Crippen molar-refractivity contribution in [2.24, 2.45) is 0 Å². The molecule has 0 aliphatic carbocycles. The van der Waals surface area contributed by atoms with Gasteiger partial charge in [-0.15, -0.1) is 0 Å². The molecule has 5 nitrogen and oxygen atoms in total. The Bertz CT molecular complexity index is 526. The number of alkyl halides is 1. The predicted molar refractivity (Wildman–Crippen MR) is 73.0 cm³/mol. The zero-order chi connectivity index (χ0) is 15.3. The number of nitro benzene ring substituents is 1. The fraction of sp³-hybridized carbons (Fsp3) is 0.417. The van der Waals surface area contributed by atoms with Gasteiger partial charge in [-0.05, 0) is 25.8 Å². The summed E-state index contributed by atoms with van der Waals surface area (Å²) in [5.74, 6) is -3.58. The van der Waals surface area contributed by atoms with Gasteiger partial charge in [0, 0.05) is 17.4 Å². The van der Waals surface area contributed by atoms with Crippen molar-refractivity contribution < 1.29 is 18.5 Å². The van der Waals surface area contributed by atoms with Gasteiger partial charge in [0.15, 0.2) is 0 Å². The summed E-state index contributed by atoms with van der Waals surface area (Å²) in [7, 11) is 0.